The molecule has 26 heavy (non-hydrogen) atoms. The number of nitrogens with one attached hydrogen (secondary N) is 1. The van der Waals surface area contributed by atoms with Gasteiger partial charge in [0.05, 0.1) is 11.9 Å². The van der Waals surface area contributed by atoms with Crippen LogP contribution in [-0.2, 0) is 18.3 Å². The number of hydrogen-bond acceptors (Lipinski definition) is 5. The molecule has 3 heterocycles. The molecule has 138 valence electrons. The van der Waals surface area contributed by atoms with Crippen molar-refractivity contribution in [2.45, 2.75) is 50.4 Å². The van der Waals surface area contributed by atoms with Crippen molar-refractivity contribution in [1.82, 2.24) is 35.1 Å². The third kappa shape index (κ3) is 3.12. The van der Waals surface area contributed by atoms with E-state index < -0.39 is 0 Å². The second kappa shape index (κ2) is 6.17. The first kappa shape index (κ1) is 16.0. The number of aryl methyl sites for hydroxylation is 2. The van der Waals surface area contributed by atoms with Gasteiger partial charge in [0.15, 0.2) is 5.82 Å². The Balaban J connectivity index is 1.25. The average Bonchev–Trinajstić information content (AvgIpc) is 3.53. The number of rotatable bonds is 6. The van der Waals surface area contributed by atoms with Crippen molar-refractivity contribution in [3.05, 3.63) is 23.5 Å². The van der Waals surface area contributed by atoms with Gasteiger partial charge in [0.2, 0.25) is 5.91 Å². The predicted octanol–water partition coefficient (Wildman–Crippen LogP) is 1.40. The zero-order valence-electron chi connectivity index (χ0n) is 15.1. The molecule has 0 bridgehead atoms. The lowest BCUT2D eigenvalue weighted by atomic mass is 9.91. The lowest BCUT2D eigenvalue weighted by Crippen LogP contribution is -2.29. The minimum atomic E-state index is 0.214. The summed E-state index contributed by atoms with van der Waals surface area (Å²) in [7, 11) is 1.80. The van der Waals surface area contributed by atoms with Gasteiger partial charge < -0.3 is 4.90 Å². The Morgan fingerprint density at radius 3 is 2.81 bits per heavy atom. The highest BCUT2D eigenvalue weighted by molar-refractivity contribution is 5.76. The van der Waals surface area contributed by atoms with Crippen molar-refractivity contribution < 1.29 is 4.79 Å². The summed E-state index contributed by atoms with van der Waals surface area (Å²) in [5.74, 6) is 4.32. The molecule has 2 saturated carbocycles. The van der Waals surface area contributed by atoms with Gasteiger partial charge in [-0.3, -0.25) is 9.89 Å². The van der Waals surface area contributed by atoms with Crippen molar-refractivity contribution in [3.8, 4) is 0 Å². The molecule has 1 saturated heterocycles. The molecule has 0 spiro atoms. The molecule has 2 aromatic rings. The summed E-state index contributed by atoms with van der Waals surface area (Å²) >= 11 is 0. The lowest BCUT2D eigenvalue weighted by Gasteiger charge is -2.15. The Bertz CT molecular complexity index is 804. The summed E-state index contributed by atoms with van der Waals surface area (Å²) in [6.45, 7) is 1.62. The molecule has 8 heteroatoms. The van der Waals surface area contributed by atoms with Crippen LogP contribution in [0, 0.1) is 11.8 Å². The average molecular weight is 355 g/mol. The maximum absolute atomic E-state index is 12.7. The summed E-state index contributed by atoms with van der Waals surface area (Å²) < 4.78 is 0. The number of aromatic amines is 1. The van der Waals surface area contributed by atoms with Gasteiger partial charge in [0.25, 0.3) is 0 Å². The van der Waals surface area contributed by atoms with E-state index in [9.17, 15) is 4.79 Å². The van der Waals surface area contributed by atoms with Gasteiger partial charge in [-0.25, -0.2) is 4.98 Å². The Morgan fingerprint density at radius 1 is 1.27 bits per heavy atom. The van der Waals surface area contributed by atoms with Gasteiger partial charge in [0.1, 0.15) is 5.82 Å². The quantitative estimate of drug-likeness (QED) is 0.845. The van der Waals surface area contributed by atoms with Crippen molar-refractivity contribution in [2.24, 2.45) is 18.9 Å². The molecule has 0 aromatic carbocycles. The van der Waals surface area contributed by atoms with Crippen LogP contribution in [0.5, 0.6) is 0 Å². The summed E-state index contributed by atoms with van der Waals surface area (Å²) in [4.78, 5) is 21.1. The molecular formula is C18H25N7O. The van der Waals surface area contributed by atoms with Crippen LogP contribution in [0.1, 0.15) is 61.3 Å². The number of nitrogens with zero attached hydrogens (tertiary/aromatic N) is 6. The number of carbonyl (C=O) groups is 1. The van der Waals surface area contributed by atoms with Crippen LogP contribution in [0.15, 0.2) is 6.20 Å². The summed E-state index contributed by atoms with van der Waals surface area (Å²) in [5.41, 5.74) is 0.875. The molecule has 1 amide bonds. The van der Waals surface area contributed by atoms with Crippen LogP contribution in [0.25, 0.3) is 0 Å². The lowest BCUT2D eigenvalue weighted by molar-refractivity contribution is -0.130. The standard InChI is InChI=1S/C18H25N7O/c1-24-19-8-13(23-24)6-7-16(26)25-9-14(11-2-3-11)15(10-25)18-20-17(21-22-18)12-4-5-12/h8,11-12,14-15H,2-7,9-10H2,1H3,(H,20,21,22)/t14-,15+/m1/s1. The molecule has 2 aromatic heterocycles. The topological polar surface area (TPSA) is 92.6 Å². The van der Waals surface area contributed by atoms with E-state index in [2.05, 4.69) is 20.4 Å². The number of likely N-dealkylation sites (tertiary alicyclic amines) is 1. The van der Waals surface area contributed by atoms with Crippen molar-refractivity contribution in [3.63, 3.8) is 0 Å². The highest BCUT2D eigenvalue weighted by Gasteiger charge is 2.45. The van der Waals surface area contributed by atoms with Gasteiger partial charge in [-0.05, 0) is 37.5 Å². The highest BCUT2D eigenvalue weighted by Crippen LogP contribution is 2.47. The van der Waals surface area contributed by atoms with Crippen LogP contribution in [-0.4, -0.2) is 54.1 Å². The van der Waals surface area contributed by atoms with Gasteiger partial charge in [-0.2, -0.15) is 20.1 Å². The monoisotopic (exact) mass is 355 g/mol. The van der Waals surface area contributed by atoms with Crippen molar-refractivity contribution in [2.75, 3.05) is 13.1 Å². The van der Waals surface area contributed by atoms with Crippen molar-refractivity contribution >= 4 is 5.91 Å². The first-order chi connectivity index (χ1) is 12.7. The molecule has 5 rings (SSSR count). The minimum absolute atomic E-state index is 0.214. The summed E-state index contributed by atoms with van der Waals surface area (Å²) in [5, 5.41) is 15.9. The van der Waals surface area contributed by atoms with E-state index in [0.29, 0.717) is 30.6 Å². The molecule has 8 nitrogen and oxygen atoms in total. The molecule has 0 unspecified atom stereocenters. The zero-order chi connectivity index (χ0) is 17.7. The summed E-state index contributed by atoms with van der Waals surface area (Å²) in [6, 6.07) is 0. The van der Waals surface area contributed by atoms with Crippen molar-refractivity contribution in [1.29, 1.82) is 0 Å². The van der Waals surface area contributed by atoms with Gasteiger partial charge in [-0.1, -0.05) is 0 Å². The minimum Gasteiger partial charge on any atom is -0.342 e. The Morgan fingerprint density at radius 2 is 2.12 bits per heavy atom. The van der Waals surface area contributed by atoms with Crippen LogP contribution in [0.3, 0.4) is 0 Å². The van der Waals surface area contributed by atoms with E-state index in [0.717, 1.165) is 36.4 Å². The van der Waals surface area contributed by atoms with Gasteiger partial charge >= 0.3 is 0 Å². The smallest absolute Gasteiger partial charge is 0.222 e. The molecule has 1 N–H and O–H groups in total. The van der Waals surface area contributed by atoms with E-state index in [4.69, 9.17) is 4.98 Å². The second-order valence-electron chi connectivity index (χ2n) is 8.08. The largest absolute Gasteiger partial charge is 0.342 e. The maximum atomic E-state index is 12.7. The fourth-order valence-corrected chi connectivity index (χ4v) is 4.20. The molecule has 2 aliphatic carbocycles. The first-order valence-corrected chi connectivity index (χ1v) is 9.72. The molecule has 0 radical (unpaired) electrons. The van der Waals surface area contributed by atoms with E-state index in [1.807, 2.05) is 4.90 Å². The molecule has 2 atom stereocenters. The van der Waals surface area contributed by atoms with Gasteiger partial charge in [-0.15, -0.1) is 0 Å². The molecular weight excluding hydrogens is 330 g/mol. The number of H-pyrrole nitrogens is 1. The number of hydrogen-bond donors (Lipinski definition) is 1. The zero-order valence-corrected chi connectivity index (χ0v) is 15.1. The highest BCUT2D eigenvalue weighted by atomic mass is 16.2. The van der Waals surface area contributed by atoms with E-state index >= 15 is 0 Å². The van der Waals surface area contributed by atoms with E-state index in [1.54, 1.807) is 13.2 Å². The van der Waals surface area contributed by atoms with Crippen LogP contribution in [0.4, 0.5) is 0 Å². The number of amides is 1. The number of aromatic nitrogens is 6. The van der Waals surface area contributed by atoms with Gasteiger partial charge in [0, 0.05) is 44.8 Å². The Hall–Kier alpha value is -2.25. The fourth-order valence-electron chi connectivity index (χ4n) is 4.20. The summed E-state index contributed by atoms with van der Waals surface area (Å²) in [6.07, 6.45) is 7.87. The Labute approximate surface area is 152 Å². The Kier molecular flexibility index (Phi) is 3.79. The molecule has 3 fully saturated rings. The van der Waals surface area contributed by atoms with E-state index in [1.165, 1.54) is 30.5 Å². The third-order valence-electron chi connectivity index (χ3n) is 6.00. The van der Waals surface area contributed by atoms with Crippen LogP contribution >= 0.6 is 0 Å². The normalized spacial score (nSPS) is 25.8. The third-order valence-corrected chi connectivity index (χ3v) is 6.00. The van der Waals surface area contributed by atoms with Crippen LogP contribution < -0.4 is 0 Å². The molecule has 1 aliphatic heterocycles. The predicted molar refractivity (Wildman–Crippen MR) is 93.2 cm³/mol. The maximum Gasteiger partial charge on any atom is 0.222 e. The van der Waals surface area contributed by atoms with Crippen LogP contribution in [0.2, 0.25) is 0 Å². The fraction of sp³-hybridized carbons (Fsp3) is 0.722. The number of carbonyl (C=O) groups excluding carboxylic acids is 1. The van der Waals surface area contributed by atoms with E-state index in [-0.39, 0.29) is 5.91 Å². The molecule has 3 aliphatic rings. The first-order valence-electron chi connectivity index (χ1n) is 9.72. The second-order valence-corrected chi connectivity index (χ2v) is 8.08. The SMILES string of the molecule is Cn1ncc(CCC(=O)N2C[C@H](c3nc(C4CC4)n[nH]3)[C@@H](C3CC3)C2)n1.